The van der Waals surface area contributed by atoms with Gasteiger partial charge in [-0.05, 0) is 26.0 Å². The molecular weight excluding hydrogens is 390 g/mol. The molecule has 0 spiro atoms. The van der Waals surface area contributed by atoms with E-state index in [1.165, 1.54) is 6.33 Å². The molecule has 0 aliphatic rings. The first-order chi connectivity index (χ1) is 13.3. The van der Waals surface area contributed by atoms with Crippen LogP contribution in [-0.4, -0.2) is 41.0 Å². The maximum atomic E-state index is 13.7. The molecule has 0 bridgehead atoms. The van der Waals surface area contributed by atoms with E-state index in [4.69, 9.17) is 0 Å². The van der Waals surface area contributed by atoms with Gasteiger partial charge in [0.05, 0.1) is 5.69 Å². The summed E-state index contributed by atoms with van der Waals surface area (Å²) in [5.74, 6) is -1.23. The van der Waals surface area contributed by atoms with Gasteiger partial charge < -0.3 is 5.32 Å². The summed E-state index contributed by atoms with van der Waals surface area (Å²) in [5, 5.41) is 2.94. The number of nitrogens with one attached hydrogen (secondary N) is 2. The molecule has 0 saturated heterocycles. The molecule has 3 aromatic rings. The summed E-state index contributed by atoms with van der Waals surface area (Å²) in [7, 11) is -4.32. The highest BCUT2D eigenvalue weighted by Crippen LogP contribution is 2.18. The lowest BCUT2D eigenvalue weighted by Crippen LogP contribution is -2.30. The zero-order valence-corrected chi connectivity index (χ0v) is 16.0. The quantitative estimate of drug-likeness (QED) is 0.580. The Morgan fingerprint density at radius 2 is 1.79 bits per heavy atom. The minimum absolute atomic E-state index is 0.0986. The zero-order chi connectivity index (χ0) is 20.3. The third-order valence-electron chi connectivity index (χ3n) is 4.06. The predicted octanol–water partition coefficient (Wildman–Crippen LogP) is 1.95. The van der Waals surface area contributed by atoms with Gasteiger partial charge in [0.25, 0.3) is 0 Å². The van der Waals surface area contributed by atoms with Crippen LogP contribution in [0, 0.1) is 25.5 Å². The first kappa shape index (κ1) is 19.8. The van der Waals surface area contributed by atoms with Crippen LogP contribution < -0.4 is 10.0 Å². The van der Waals surface area contributed by atoms with Gasteiger partial charge in [0.15, 0.2) is 4.90 Å². The zero-order valence-electron chi connectivity index (χ0n) is 15.1. The summed E-state index contributed by atoms with van der Waals surface area (Å²) in [6.07, 6.45) is 3.01. The summed E-state index contributed by atoms with van der Waals surface area (Å²) in [5.41, 5.74) is 1.81. The molecule has 2 heterocycles. The highest BCUT2D eigenvalue weighted by Gasteiger charge is 2.23. The van der Waals surface area contributed by atoms with Gasteiger partial charge in [-0.15, -0.1) is 0 Å². The van der Waals surface area contributed by atoms with Crippen LogP contribution in [-0.2, 0) is 10.0 Å². The van der Waals surface area contributed by atoms with Gasteiger partial charge >= 0.3 is 0 Å². The van der Waals surface area contributed by atoms with Crippen LogP contribution in [0.3, 0.4) is 0 Å². The van der Waals surface area contributed by atoms with Crippen LogP contribution in [0.4, 0.5) is 14.6 Å². The van der Waals surface area contributed by atoms with Crippen molar-refractivity contribution >= 4 is 15.8 Å². The lowest BCUT2D eigenvalue weighted by atomic mass is 10.3. The van der Waals surface area contributed by atoms with Crippen LogP contribution in [0.5, 0.6) is 0 Å². The highest BCUT2D eigenvalue weighted by atomic mass is 32.2. The van der Waals surface area contributed by atoms with Gasteiger partial charge in [-0.25, -0.2) is 36.9 Å². The summed E-state index contributed by atoms with van der Waals surface area (Å²) in [4.78, 5) is 11.5. The average Bonchev–Trinajstić information content (AvgIpc) is 2.98. The molecule has 0 saturated carbocycles. The van der Waals surface area contributed by atoms with Crippen molar-refractivity contribution in [1.82, 2.24) is 24.2 Å². The predicted molar refractivity (Wildman–Crippen MR) is 98.7 cm³/mol. The topological polar surface area (TPSA) is 102 Å². The van der Waals surface area contributed by atoms with Gasteiger partial charge in [0.1, 0.15) is 35.9 Å². The first-order valence-electron chi connectivity index (χ1n) is 8.30. The van der Waals surface area contributed by atoms with Crippen LogP contribution in [0.15, 0.2) is 41.8 Å². The summed E-state index contributed by atoms with van der Waals surface area (Å²) >= 11 is 0. The SMILES string of the molecule is Cc1ncn(-c2cc(NCCNS(=O)(=O)c3c(F)cccc3F)ncn2)c1C. The number of hydrogen-bond donors (Lipinski definition) is 2. The second-order valence-electron chi connectivity index (χ2n) is 5.92. The number of benzene rings is 1. The third kappa shape index (κ3) is 4.15. The van der Waals surface area contributed by atoms with E-state index in [1.807, 2.05) is 13.8 Å². The van der Waals surface area contributed by atoms with E-state index in [-0.39, 0.29) is 13.1 Å². The highest BCUT2D eigenvalue weighted by molar-refractivity contribution is 7.89. The van der Waals surface area contributed by atoms with Crippen molar-refractivity contribution in [2.75, 3.05) is 18.4 Å². The van der Waals surface area contributed by atoms with Crippen molar-refractivity contribution in [3.63, 3.8) is 0 Å². The van der Waals surface area contributed by atoms with E-state index in [2.05, 4.69) is 25.0 Å². The molecule has 0 radical (unpaired) electrons. The lowest BCUT2D eigenvalue weighted by molar-refractivity contribution is 0.514. The Kier molecular flexibility index (Phi) is 5.66. The molecule has 0 aliphatic carbocycles. The molecule has 2 N–H and O–H groups in total. The number of aryl methyl sites for hydroxylation is 1. The van der Waals surface area contributed by atoms with Crippen molar-refractivity contribution in [1.29, 1.82) is 0 Å². The van der Waals surface area contributed by atoms with Crippen LogP contribution >= 0.6 is 0 Å². The van der Waals surface area contributed by atoms with Crippen molar-refractivity contribution in [2.24, 2.45) is 0 Å². The van der Waals surface area contributed by atoms with Crippen molar-refractivity contribution in [3.8, 4) is 5.82 Å². The molecule has 8 nitrogen and oxygen atoms in total. The Bertz CT molecular complexity index is 1080. The third-order valence-corrected chi connectivity index (χ3v) is 5.57. The van der Waals surface area contributed by atoms with E-state index in [1.54, 1.807) is 17.0 Å². The normalized spacial score (nSPS) is 11.6. The fourth-order valence-electron chi connectivity index (χ4n) is 2.49. The number of rotatable bonds is 7. The molecule has 1 aromatic carbocycles. The van der Waals surface area contributed by atoms with Crippen LogP contribution in [0.25, 0.3) is 5.82 Å². The van der Waals surface area contributed by atoms with E-state index in [0.29, 0.717) is 11.6 Å². The number of nitrogens with zero attached hydrogens (tertiary/aromatic N) is 4. The number of aromatic nitrogens is 4. The van der Waals surface area contributed by atoms with Crippen LogP contribution in [0.2, 0.25) is 0 Å². The molecule has 148 valence electrons. The second-order valence-corrected chi connectivity index (χ2v) is 7.63. The van der Waals surface area contributed by atoms with E-state index in [9.17, 15) is 17.2 Å². The van der Waals surface area contributed by atoms with Crippen molar-refractivity contribution in [3.05, 3.63) is 59.9 Å². The molecule has 28 heavy (non-hydrogen) atoms. The maximum Gasteiger partial charge on any atom is 0.246 e. The Morgan fingerprint density at radius 3 is 2.43 bits per heavy atom. The van der Waals surface area contributed by atoms with Gasteiger partial charge in [-0.2, -0.15) is 0 Å². The number of imidazole rings is 1. The van der Waals surface area contributed by atoms with Gasteiger partial charge in [0.2, 0.25) is 10.0 Å². The monoisotopic (exact) mass is 408 g/mol. The molecular formula is C17H18F2N6O2S. The minimum Gasteiger partial charge on any atom is -0.369 e. The fraction of sp³-hybridized carbons (Fsp3) is 0.235. The van der Waals surface area contributed by atoms with Crippen molar-refractivity contribution < 1.29 is 17.2 Å². The van der Waals surface area contributed by atoms with Gasteiger partial charge in [-0.1, -0.05) is 6.07 Å². The molecule has 0 fully saturated rings. The first-order valence-corrected chi connectivity index (χ1v) is 9.78. The Hall–Kier alpha value is -2.92. The molecule has 0 unspecified atom stereocenters. The Morgan fingerprint density at radius 1 is 1.07 bits per heavy atom. The molecule has 0 amide bonds. The lowest BCUT2D eigenvalue weighted by Gasteiger charge is -2.10. The number of hydrogen-bond acceptors (Lipinski definition) is 6. The maximum absolute atomic E-state index is 13.7. The van der Waals surface area contributed by atoms with E-state index < -0.39 is 26.6 Å². The second kappa shape index (κ2) is 7.98. The van der Waals surface area contributed by atoms with Gasteiger partial charge in [0, 0.05) is 24.8 Å². The smallest absolute Gasteiger partial charge is 0.246 e. The average molecular weight is 408 g/mol. The van der Waals surface area contributed by atoms with Crippen molar-refractivity contribution in [2.45, 2.75) is 18.7 Å². The summed E-state index contributed by atoms with van der Waals surface area (Å²) in [6, 6.07) is 4.55. The van der Waals surface area contributed by atoms with E-state index >= 15 is 0 Å². The molecule has 0 atom stereocenters. The molecule has 0 aliphatic heterocycles. The molecule has 3 rings (SSSR count). The van der Waals surface area contributed by atoms with Crippen LogP contribution in [0.1, 0.15) is 11.4 Å². The number of halogens is 2. The largest absolute Gasteiger partial charge is 0.369 e. The summed E-state index contributed by atoms with van der Waals surface area (Å²) in [6.45, 7) is 3.84. The Labute approximate surface area is 160 Å². The molecule has 11 heteroatoms. The summed E-state index contributed by atoms with van der Waals surface area (Å²) < 4.78 is 55.5. The number of sulfonamides is 1. The fourth-order valence-corrected chi connectivity index (χ4v) is 3.66. The van der Waals surface area contributed by atoms with E-state index in [0.717, 1.165) is 29.6 Å². The minimum atomic E-state index is -4.32. The standard InChI is InChI=1S/C17H18F2N6O2S/c1-11-12(2)25(10-23-11)16-8-15(21-9-22-16)20-6-7-24-28(26,27)17-13(18)4-3-5-14(17)19/h3-5,8-10,24H,6-7H2,1-2H3,(H,20,21,22). The molecule has 2 aromatic heterocycles. The van der Waals surface area contributed by atoms with Gasteiger partial charge in [-0.3, -0.25) is 4.57 Å². The number of anilines is 1. The Balaban J connectivity index is 1.63.